The van der Waals surface area contributed by atoms with Gasteiger partial charge in [-0.05, 0) is 43.7 Å². The lowest BCUT2D eigenvalue weighted by molar-refractivity contribution is 0.0627. The molecule has 0 N–H and O–H groups in total. The maximum Gasteiger partial charge on any atom is 0.257 e. The van der Waals surface area contributed by atoms with Gasteiger partial charge in [-0.3, -0.25) is 9.69 Å². The van der Waals surface area contributed by atoms with Crippen molar-refractivity contribution in [2.45, 2.75) is 20.4 Å². The van der Waals surface area contributed by atoms with E-state index in [1.807, 2.05) is 72.0 Å². The number of nitrogens with zero attached hydrogens (tertiary/aromatic N) is 4. The molecule has 1 aliphatic rings. The Balaban J connectivity index is 1.43. The Kier molecular flexibility index (Phi) is 6.14. The van der Waals surface area contributed by atoms with E-state index in [1.165, 1.54) is 0 Å². The first-order chi connectivity index (χ1) is 14.4. The van der Waals surface area contributed by atoms with Gasteiger partial charge in [0.05, 0.1) is 32.7 Å². The molecule has 0 radical (unpaired) electrons. The molecule has 30 heavy (non-hydrogen) atoms. The lowest BCUT2D eigenvalue weighted by Crippen LogP contribution is -2.48. The van der Waals surface area contributed by atoms with Crippen LogP contribution in [0.25, 0.3) is 5.69 Å². The molecule has 3 aromatic rings. The molecule has 0 unspecified atom stereocenters. The van der Waals surface area contributed by atoms with Crippen molar-refractivity contribution in [1.29, 1.82) is 0 Å². The zero-order valence-electron chi connectivity index (χ0n) is 17.1. The van der Waals surface area contributed by atoms with Gasteiger partial charge >= 0.3 is 0 Å². The number of halogens is 2. The van der Waals surface area contributed by atoms with Gasteiger partial charge < -0.3 is 4.90 Å². The largest absolute Gasteiger partial charge is 0.336 e. The van der Waals surface area contributed by atoms with E-state index in [4.69, 9.17) is 23.2 Å². The van der Waals surface area contributed by atoms with E-state index in [1.54, 1.807) is 0 Å². The summed E-state index contributed by atoms with van der Waals surface area (Å²) in [5.41, 5.74) is 4.43. The minimum absolute atomic E-state index is 0.0568. The predicted octanol–water partition coefficient (Wildman–Crippen LogP) is 4.75. The fraction of sp³-hybridized carbons (Fsp3) is 0.304. The highest BCUT2D eigenvalue weighted by Gasteiger charge is 2.27. The van der Waals surface area contributed by atoms with E-state index in [0.29, 0.717) is 28.7 Å². The van der Waals surface area contributed by atoms with E-state index in [2.05, 4.69) is 10.00 Å². The molecule has 0 aliphatic carbocycles. The van der Waals surface area contributed by atoms with Gasteiger partial charge in [-0.15, -0.1) is 0 Å². The molecule has 1 saturated heterocycles. The molecule has 2 heterocycles. The van der Waals surface area contributed by atoms with E-state index in [0.717, 1.165) is 42.3 Å². The number of para-hydroxylation sites is 1. The number of piperazine rings is 1. The molecule has 0 spiro atoms. The molecule has 0 atom stereocenters. The number of carbonyl (C=O) groups is 1. The van der Waals surface area contributed by atoms with Crippen LogP contribution in [0.5, 0.6) is 0 Å². The first-order valence-corrected chi connectivity index (χ1v) is 10.8. The Morgan fingerprint density at radius 3 is 2.33 bits per heavy atom. The molecule has 2 aromatic carbocycles. The van der Waals surface area contributed by atoms with Gasteiger partial charge in [-0.25, -0.2) is 4.68 Å². The number of aromatic nitrogens is 2. The summed E-state index contributed by atoms with van der Waals surface area (Å²) in [5, 5.41) is 5.76. The zero-order valence-corrected chi connectivity index (χ0v) is 18.6. The van der Waals surface area contributed by atoms with Crippen molar-refractivity contribution in [3.63, 3.8) is 0 Å². The van der Waals surface area contributed by atoms with Crippen LogP contribution in [-0.2, 0) is 6.54 Å². The van der Waals surface area contributed by atoms with Crippen molar-refractivity contribution in [2.75, 3.05) is 26.2 Å². The molecular formula is C23H24Cl2N4O. The Bertz CT molecular complexity index is 1060. The minimum Gasteiger partial charge on any atom is -0.336 e. The van der Waals surface area contributed by atoms with Gasteiger partial charge in [-0.1, -0.05) is 47.5 Å². The Hall–Kier alpha value is -2.34. The van der Waals surface area contributed by atoms with Crippen molar-refractivity contribution < 1.29 is 4.79 Å². The van der Waals surface area contributed by atoms with E-state index < -0.39 is 0 Å². The van der Waals surface area contributed by atoms with Gasteiger partial charge in [0.2, 0.25) is 0 Å². The third-order valence-electron chi connectivity index (χ3n) is 5.56. The Morgan fingerprint density at radius 1 is 0.967 bits per heavy atom. The molecule has 4 rings (SSSR count). The van der Waals surface area contributed by atoms with Crippen LogP contribution >= 0.6 is 23.2 Å². The van der Waals surface area contributed by atoms with Crippen molar-refractivity contribution in [3.05, 3.63) is 81.1 Å². The monoisotopic (exact) mass is 442 g/mol. The minimum atomic E-state index is 0.0568. The first-order valence-electron chi connectivity index (χ1n) is 10.0. The highest BCUT2D eigenvalue weighted by molar-refractivity contribution is 6.42. The highest BCUT2D eigenvalue weighted by atomic mass is 35.5. The number of amides is 1. The van der Waals surface area contributed by atoms with Crippen LogP contribution in [0, 0.1) is 13.8 Å². The fourth-order valence-electron chi connectivity index (χ4n) is 3.94. The van der Waals surface area contributed by atoms with Gasteiger partial charge in [0.15, 0.2) is 0 Å². The quantitative estimate of drug-likeness (QED) is 0.584. The number of hydrogen-bond acceptors (Lipinski definition) is 3. The number of hydrogen-bond donors (Lipinski definition) is 0. The topological polar surface area (TPSA) is 41.4 Å². The predicted molar refractivity (Wildman–Crippen MR) is 121 cm³/mol. The van der Waals surface area contributed by atoms with Crippen molar-refractivity contribution in [3.8, 4) is 5.69 Å². The average molecular weight is 443 g/mol. The molecule has 156 valence electrons. The third-order valence-corrected chi connectivity index (χ3v) is 6.29. The van der Waals surface area contributed by atoms with Crippen LogP contribution in [0.15, 0.2) is 48.5 Å². The third kappa shape index (κ3) is 4.24. The summed E-state index contributed by atoms with van der Waals surface area (Å²) >= 11 is 12.1. The number of benzene rings is 2. The van der Waals surface area contributed by atoms with Crippen LogP contribution < -0.4 is 0 Å². The molecule has 1 aromatic heterocycles. The molecule has 7 heteroatoms. The standard InChI is InChI=1S/C23H24Cl2N4O/c1-16-22(17(2)29(26-16)19-6-4-3-5-7-19)23(30)28-12-10-27(11-13-28)15-18-8-9-20(24)21(25)14-18/h3-9,14H,10-13,15H2,1-2H3. The van der Waals surface area contributed by atoms with E-state index in [9.17, 15) is 4.79 Å². The Labute approximate surface area is 186 Å². The molecule has 0 saturated carbocycles. The van der Waals surface area contributed by atoms with Crippen molar-refractivity contribution in [2.24, 2.45) is 0 Å². The zero-order chi connectivity index (χ0) is 21.3. The maximum atomic E-state index is 13.3. The summed E-state index contributed by atoms with van der Waals surface area (Å²) in [7, 11) is 0. The summed E-state index contributed by atoms with van der Waals surface area (Å²) in [6.45, 7) is 7.67. The molecular weight excluding hydrogens is 419 g/mol. The second-order valence-electron chi connectivity index (χ2n) is 7.61. The molecule has 1 fully saturated rings. The highest BCUT2D eigenvalue weighted by Crippen LogP contribution is 2.24. The Morgan fingerprint density at radius 2 is 1.67 bits per heavy atom. The van der Waals surface area contributed by atoms with Crippen LogP contribution in [0.2, 0.25) is 10.0 Å². The van der Waals surface area contributed by atoms with Gasteiger partial charge in [0.25, 0.3) is 5.91 Å². The lowest BCUT2D eigenvalue weighted by Gasteiger charge is -2.35. The number of aryl methyl sites for hydroxylation is 1. The smallest absolute Gasteiger partial charge is 0.257 e. The van der Waals surface area contributed by atoms with E-state index >= 15 is 0 Å². The summed E-state index contributed by atoms with van der Waals surface area (Å²) in [5.74, 6) is 0.0568. The molecule has 0 bridgehead atoms. The lowest BCUT2D eigenvalue weighted by atomic mass is 10.1. The van der Waals surface area contributed by atoms with E-state index in [-0.39, 0.29) is 5.91 Å². The molecule has 1 amide bonds. The second-order valence-corrected chi connectivity index (χ2v) is 8.42. The number of rotatable bonds is 4. The molecule has 5 nitrogen and oxygen atoms in total. The van der Waals surface area contributed by atoms with Crippen LogP contribution in [0.3, 0.4) is 0 Å². The van der Waals surface area contributed by atoms with Gasteiger partial charge in [0.1, 0.15) is 0 Å². The summed E-state index contributed by atoms with van der Waals surface area (Å²) in [6, 6.07) is 15.6. The van der Waals surface area contributed by atoms with Crippen molar-refractivity contribution in [1.82, 2.24) is 19.6 Å². The normalized spacial score (nSPS) is 14.9. The summed E-state index contributed by atoms with van der Waals surface area (Å²) < 4.78 is 1.85. The summed E-state index contributed by atoms with van der Waals surface area (Å²) in [6.07, 6.45) is 0. The summed E-state index contributed by atoms with van der Waals surface area (Å²) in [4.78, 5) is 17.5. The SMILES string of the molecule is Cc1nn(-c2ccccc2)c(C)c1C(=O)N1CCN(Cc2ccc(Cl)c(Cl)c2)CC1. The number of carbonyl (C=O) groups excluding carboxylic acids is 1. The maximum absolute atomic E-state index is 13.3. The van der Waals surface area contributed by atoms with Gasteiger partial charge in [0, 0.05) is 32.7 Å². The average Bonchev–Trinajstić information content (AvgIpc) is 3.05. The fourth-order valence-corrected chi connectivity index (χ4v) is 4.26. The second kappa shape index (κ2) is 8.80. The van der Waals surface area contributed by atoms with Crippen molar-refractivity contribution >= 4 is 29.1 Å². The van der Waals surface area contributed by atoms with Crippen LogP contribution in [0.4, 0.5) is 0 Å². The van der Waals surface area contributed by atoms with Gasteiger partial charge in [-0.2, -0.15) is 5.10 Å². The van der Waals surface area contributed by atoms with Crippen LogP contribution in [0.1, 0.15) is 27.3 Å². The van der Waals surface area contributed by atoms with Crippen LogP contribution in [-0.4, -0.2) is 51.7 Å². The first kappa shape index (κ1) is 20.9. The molecule has 1 aliphatic heterocycles.